The number of hydrogen-bond donors (Lipinski definition) is 0. The van der Waals surface area contributed by atoms with Crippen LogP contribution in [0.3, 0.4) is 0 Å². The SMILES string of the molecule is CCC=C[C@H]1CC[C@@H]([C@H]2CC[C@H](CCCCCCC)CC2)CC1. The predicted octanol–water partition coefficient (Wildman–Crippen LogP) is 7.93. The molecule has 2 aliphatic rings. The summed E-state index contributed by atoms with van der Waals surface area (Å²) in [6.45, 7) is 4.57. The molecule has 0 radical (unpaired) electrons. The molecule has 0 saturated heterocycles. The van der Waals surface area contributed by atoms with Gasteiger partial charge in [0.05, 0.1) is 0 Å². The maximum Gasteiger partial charge on any atom is -0.0233 e. The van der Waals surface area contributed by atoms with Crippen molar-refractivity contribution in [1.29, 1.82) is 0 Å². The first kappa shape index (κ1) is 19.1. The Kier molecular flexibility index (Phi) is 9.39. The van der Waals surface area contributed by atoms with Gasteiger partial charge in [0.15, 0.2) is 0 Å². The number of hydrogen-bond acceptors (Lipinski definition) is 0. The molecule has 0 aromatic heterocycles. The molecule has 0 aromatic rings. The van der Waals surface area contributed by atoms with Gasteiger partial charge in [0.1, 0.15) is 0 Å². The van der Waals surface area contributed by atoms with Crippen LogP contribution in [0.5, 0.6) is 0 Å². The Labute approximate surface area is 146 Å². The average molecular weight is 319 g/mol. The van der Waals surface area contributed by atoms with E-state index in [2.05, 4.69) is 26.0 Å². The molecule has 2 rings (SSSR count). The minimum Gasteiger partial charge on any atom is -0.0885 e. The Morgan fingerprint density at radius 3 is 1.91 bits per heavy atom. The van der Waals surface area contributed by atoms with Gasteiger partial charge in [0.25, 0.3) is 0 Å². The van der Waals surface area contributed by atoms with Gasteiger partial charge in [-0.3, -0.25) is 0 Å². The molecule has 0 spiro atoms. The van der Waals surface area contributed by atoms with Gasteiger partial charge in [-0.05, 0) is 68.6 Å². The van der Waals surface area contributed by atoms with E-state index in [1.807, 2.05) is 0 Å². The van der Waals surface area contributed by atoms with Crippen LogP contribution < -0.4 is 0 Å². The van der Waals surface area contributed by atoms with Crippen LogP contribution in [0.2, 0.25) is 0 Å². The largest absolute Gasteiger partial charge is 0.0885 e. The lowest BCUT2D eigenvalue weighted by Gasteiger charge is -2.37. The van der Waals surface area contributed by atoms with E-state index < -0.39 is 0 Å². The van der Waals surface area contributed by atoms with Crippen molar-refractivity contribution in [2.45, 2.75) is 110 Å². The molecule has 0 aliphatic heterocycles. The molecule has 0 heteroatoms. The zero-order chi connectivity index (χ0) is 16.3. The van der Waals surface area contributed by atoms with Crippen LogP contribution in [0, 0.1) is 23.7 Å². The molecule has 2 fully saturated rings. The molecular formula is C23H42. The second-order valence-electron chi connectivity index (χ2n) is 8.49. The van der Waals surface area contributed by atoms with E-state index in [9.17, 15) is 0 Å². The highest BCUT2D eigenvalue weighted by Crippen LogP contribution is 2.42. The molecule has 23 heavy (non-hydrogen) atoms. The fourth-order valence-electron chi connectivity index (χ4n) is 5.12. The van der Waals surface area contributed by atoms with Crippen molar-refractivity contribution in [3.8, 4) is 0 Å². The summed E-state index contributed by atoms with van der Waals surface area (Å²) in [4.78, 5) is 0. The molecule has 0 amide bonds. The van der Waals surface area contributed by atoms with Gasteiger partial charge in [-0.15, -0.1) is 0 Å². The summed E-state index contributed by atoms with van der Waals surface area (Å²) in [5.41, 5.74) is 0. The van der Waals surface area contributed by atoms with Crippen molar-refractivity contribution in [1.82, 2.24) is 0 Å². The average Bonchev–Trinajstić information content (AvgIpc) is 2.61. The van der Waals surface area contributed by atoms with Crippen molar-refractivity contribution >= 4 is 0 Å². The topological polar surface area (TPSA) is 0 Å². The summed E-state index contributed by atoms with van der Waals surface area (Å²) >= 11 is 0. The van der Waals surface area contributed by atoms with Crippen LogP contribution in [0.25, 0.3) is 0 Å². The van der Waals surface area contributed by atoms with E-state index in [4.69, 9.17) is 0 Å². The molecular weight excluding hydrogens is 276 g/mol. The molecule has 0 heterocycles. The minimum absolute atomic E-state index is 0.908. The van der Waals surface area contributed by atoms with Crippen LogP contribution in [0.15, 0.2) is 12.2 Å². The van der Waals surface area contributed by atoms with Crippen LogP contribution in [0.4, 0.5) is 0 Å². The third-order valence-electron chi connectivity index (χ3n) is 6.73. The molecule has 0 atom stereocenters. The lowest BCUT2D eigenvalue weighted by molar-refractivity contribution is 0.151. The Hall–Kier alpha value is -0.260. The zero-order valence-corrected chi connectivity index (χ0v) is 16.1. The number of unbranched alkanes of at least 4 members (excludes halogenated alkanes) is 4. The van der Waals surface area contributed by atoms with Gasteiger partial charge < -0.3 is 0 Å². The summed E-state index contributed by atoms with van der Waals surface area (Å²) in [5.74, 6) is 4.15. The van der Waals surface area contributed by atoms with Gasteiger partial charge in [-0.1, -0.05) is 77.4 Å². The number of allylic oxidation sites excluding steroid dienone is 2. The molecule has 0 aromatic carbocycles. The van der Waals surface area contributed by atoms with Crippen molar-refractivity contribution in [3.05, 3.63) is 12.2 Å². The highest BCUT2D eigenvalue weighted by atomic mass is 14.4. The van der Waals surface area contributed by atoms with E-state index in [1.165, 1.54) is 70.6 Å². The molecule has 0 bridgehead atoms. The number of rotatable bonds is 9. The Balaban J connectivity index is 1.57. The highest BCUT2D eigenvalue weighted by molar-refractivity contribution is 4.91. The third-order valence-corrected chi connectivity index (χ3v) is 6.73. The monoisotopic (exact) mass is 318 g/mol. The lowest BCUT2D eigenvalue weighted by Crippen LogP contribution is -2.25. The Morgan fingerprint density at radius 2 is 1.30 bits per heavy atom. The van der Waals surface area contributed by atoms with Crippen molar-refractivity contribution in [2.24, 2.45) is 23.7 Å². The molecule has 0 N–H and O–H groups in total. The van der Waals surface area contributed by atoms with Gasteiger partial charge >= 0.3 is 0 Å². The van der Waals surface area contributed by atoms with E-state index in [1.54, 1.807) is 25.7 Å². The zero-order valence-electron chi connectivity index (χ0n) is 16.1. The van der Waals surface area contributed by atoms with Crippen LogP contribution in [-0.2, 0) is 0 Å². The molecule has 0 nitrogen and oxygen atoms in total. The van der Waals surface area contributed by atoms with Gasteiger partial charge in [0, 0.05) is 0 Å². The first-order valence-electron chi connectivity index (χ1n) is 11.0. The van der Waals surface area contributed by atoms with Crippen molar-refractivity contribution < 1.29 is 0 Å². The van der Waals surface area contributed by atoms with E-state index in [0.717, 1.165) is 23.7 Å². The fraction of sp³-hybridized carbons (Fsp3) is 0.913. The Bertz CT molecular complexity index is 300. The second-order valence-corrected chi connectivity index (χ2v) is 8.49. The van der Waals surface area contributed by atoms with Gasteiger partial charge in [-0.2, -0.15) is 0 Å². The maximum atomic E-state index is 2.51. The van der Waals surface area contributed by atoms with E-state index in [-0.39, 0.29) is 0 Å². The van der Waals surface area contributed by atoms with Crippen LogP contribution in [0.1, 0.15) is 110 Å². The van der Waals surface area contributed by atoms with E-state index >= 15 is 0 Å². The smallest absolute Gasteiger partial charge is 0.0233 e. The first-order chi connectivity index (χ1) is 11.3. The molecule has 0 unspecified atom stereocenters. The van der Waals surface area contributed by atoms with E-state index in [0.29, 0.717) is 0 Å². The summed E-state index contributed by atoms with van der Waals surface area (Å²) in [5, 5.41) is 0. The first-order valence-corrected chi connectivity index (χ1v) is 11.0. The predicted molar refractivity (Wildman–Crippen MR) is 104 cm³/mol. The minimum atomic E-state index is 0.908. The molecule has 134 valence electrons. The summed E-state index contributed by atoms with van der Waals surface area (Å²) in [6, 6.07) is 0. The van der Waals surface area contributed by atoms with Crippen molar-refractivity contribution in [3.63, 3.8) is 0 Å². The summed E-state index contributed by atoms with van der Waals surface area (Å²) < 4.78 is 0. The standard InChI is InChI=1S/C23H42/c1-3-5-7-8-9-11-21-14-18-23(19-15-21)22-16-12-20(13-17-22)10-6-4-2/h6,10,20-23H,3-5,7-9,11-19H2,1-2H3/t20-,21-,22+,23-. The summed E-state index contributed by atoms with van der Waals surface area (Å²) in [7, 11) is 0. The van der Waals surface area contributed by atoms with Gasteiger partial charge in [0.2, 0.25) is 0 Å². The van der Waals surface area contributed by atoms with Crippen LogP contribution >= 0.6 is 0 Å². The lowest BCUT2D eigenvalue weighted by atomic mass is 9.68. The molecule has 2 aliphatic carbocycles. The summed E-state index contributed by atoms with van der Waals surface area (Å²) in [6.07, 6.45) is 27.1. The maximum absolute atomic E-state index is 2.51. The van der Waals surface area contributed by atoms with Gasteiger partial charge in [-0.25, -0.2) is 0 Å². The van der Waals surface area contributed by atoms with Crippen LogP contribution in [-0.4, -0.2) is 0 Å². The highest BCUT2D eigenvalue weighted by Gasteiger charge is 2.30. The van der Waals surface area contributed by atoms with Crippen molar-refractivity contribution in [2.75, 3.05) is 0 Å². The second kappa shape index (κ2) is 11.3. The molecule has 2 saturated carbocycles. The quantitative estimate of drug-likeness (QED) is 0.299. The normalized spacial score (nSPS) is 32.4. The Morgan fingerprint density at radius 1 is 0.696 bits per heavy atom. The fourth-order valence-corrected chi connectivity index (χ4v) is 5.12. The third kappa shape index (κ3) is 7.02.